The molecule has 1 atom stereocenters. The van der Waals surface area contributed by atoms with E-state index in [-0.39, 0.29) is 0 Å². The lowest BCUT2D eigenvalue weighted by atomic mass is 9.93. The Morgan fingerprint density at radius 1 is 1.18 bits per heavy atom. The smallest absolute Gasteiger partial charge is 0.207 e. The van der Waals surface area contributed by atoms with Gasteiger partial charge in [-0.2, -0.15) is 0 Å². The lowest BCUT2D eigenvalue weighted by molar-refractivity contribution is -0.503. The Kier molecular flexibility index (Phi) is 3.19. The fourth-order valence-corrected chi connectivity index (χ4v) is 2.42. The molecule has 1 heteroatoms. The highest BCUT2D eigenvalue weighted by Gasteiger charge is 2.23. The average molecular weight is 228 g/mol. The molecule has 0 bridgehead atoms. The molecule has 1 heterocycles. The summed E-state index contributed by atoms with van der Waals surface area (Å²) in [4.78, 5) is 0. The van der Waals surface area contributed by atoms with Gasteiger partial charge >= 0.3 is 0 Å². The standard InChI is InChI=1S/C16H22N/c1-11-6-7-12(2)15(8-11)16-9-13(3)14(4)10-17(16)5/h6-9,14H,10H2,1-5H3/q+1. The van der Waals surface area contributed by atoms with Gasteiger partial charge in [-0.1, -0.05) is 30.2 Å². The minimum absolute atomic E-state index is 0.661. The molecule has 0 fully saturated rings. The third-order valence-corrected chi connectivity index (χ3v) is 3.77. The minimum atomic E-state index is 0.661. The Morgan fingerprint density at radius 3 is 2.59 bits per heavy atom. The van der Waals surface area contributed by atoms with Crippen molar-refractivity contribution in [1.82, 2.24) is 0 Å². The minimum Gasteiger partial charge on any atom is -0.231 e. The first-order chi connectivity index (χ1) is 7.99. The van der Waals surface area contributed by atoms with Crippen LogP contribution in [0.5, 0.6) is 0 Å². The van der Waals surface area contributed by atoms with Crippen molar-refractivity contribution in [3.05, 3.63) is 46.5 Å². The summed E-state index contributed by atoms with van der Waals surface area (Å²) >= 11 is 0. The van der Waals surface area contributed by atoms with Crippen molar-refractivity contribution in [2.24, 2.45) is 5.92 Å². The normalized spacial score (nSPS) is 20.5. The van der Waals surface area contributed by atoms with Crippen molar-refractivity contribution in [1.29, 1.82) is 0 Å². The van der Waals surface area contributed by atoms with Crippen molar-refractivity contribution in [2.45, 2.75) is 27.7 Å². The van der Waals surface area contributed by atoms with E-state index in [1.54, 1.807) is 0 Å². The molecule has 0 aromatic heterocycles. The Labute approximate surface area is 104 Å². The van der Waals surface area contributed by atoms with Crippen LogP contribution in [0, 0.1) is 19.8 Å². The summed E-state index contributed by atoms with van der Waals surface area (Å²) in [6.45, 7) is 10.00. The molecule has 0 spiro atoms. The van der Waals surface area contributed by atoms with Crippen LogP contribution in [-0.4, -0.2) is 23.9 Å². The van der Waals surface area contributed by atoms with E-state index in [1.807, 2.05) is 0 Å². The second-order valence-electron chi connectivity index (χ2n) is 5.37. The molecule has 1 unspecified atom stereocenters. The van der Waals surface area contributed by atoms with Crippen LogP contribution in [-0.2, 0) is 0 Å². The molecular weight excluding hydrogens is 206 g/mol. The number of hydrogen-bond acceptors (Lipinski definition) is 0. The molecule has 0 amide bonds. The summed E-state index contributed by atoms with van der Waals surface area (Å²) in [5.41, 5.74) is 6.91. The first-order valence-corrected chi connectivity index (χ1v) is 6.33. The van der Waals surface area contributed by atoms with E-state index in [0.717, 1.165) is 6.54 Å². The largest absolute Gasteiger partial charge is 0.231 e. The Bertz CT molecular complexity index is 506. The van der Waals surface area contributed by atoms with E-state index >= 15 is 0 Å². The zero-order chi connectivity index (χ0) is 12.6. The van der Waals surface area contributed by atoms with Crippen molar-refractivity contribution in [3.8, 4) is 0 Å². The van der Waals surface area contributed by atoms with Gasteiger partial charge in [0.05, 0.1) is 0 Å². The van der Waals surface area contributed by atoms with Crippen LogP contribution in [0.2, 0.25) is 0 Å². The quantitative estimate of drug-likeness (QED) is 0.649. The van der Waals surface area contributed by atoms with E-state index in [1.165, 1.54) is 28.0 Å². The van der Waals surface area contributed by atoms with Crippen LogP contribution in [0.3, 0.4) is 0 Å². The molecule has 1 aliphatic heterocycles. The van der Waals surface area contributed by atoms with Gasteiger partial charge in [0.25, 0.3) is 0 Å². The van der Waals surface area contributed by atoms with E-state index in [2.05, 4.69) is 63.6 Å². The fourth-order valence-electron chi connectivity index (χ4n) is 2.42. The molecule has 0 saturated carbocycles. The highest BCUT2D eigenvalue weighted by Crippen LogP contribution is 2.20. The number of nitrogens with zero attached hydrogens (tertiary/aromatic N) is 1. The molecule has 90 valence electrons. The van der Waals surface area contributed by atoms with Crippen LogP contribution < -0.4 is 0 Å². The van der Waals surface area contributed by atoms with Gasteiger partial charge in [-0.3, -0.25) is 0 Å². The highest BCUT2D eigenvalue weighted by molar-refractivity contribution is 6.07. The molecule has 2 rings (SSSR count). The van der Waals surface area contributed by atoms with Crippen molar-refractivity contribution < 1.29 is 4.58 Å². The highest BCUT2D eigenvalue weighted by atomic mass is 15.0. The number of benzene rings is 1. The van der Waals surface area contributed by atoms with Crippen LogP contribution in [0.1, 0.15) is 30.5 Å². The van der Waals surface area contributed by atoms with Crippen LogP contribution in [0.25, 0.3) is 0 Å². The zero-order valence-corrected chi connectivity index (χ0v) is 11.5. The molecule has 1 aromatic carbocycles. The SMILES string of the molecule is CC1=CC(c2cc(C)ccc2C)=[N+](C)CC1C. The van der Waals surface area contributed by atoms with Gasteiger partial charge in [-0.15, -0.1) is 0 Å². The molecule has 1 aromatic rings. The zero-order valence-electron chi connectivity index (χ0n) is 11.5. The van der Waals surface area contributed by atoms with Gasteiger partial charge in [-0.25, -0.2) is 4.58 Å². The Balaban J connectivity index is 2.54. The lowest BCUT2D eigenvalue weighted by Gasteiger charge is -2.18. The van der Waals surface area contributed by atoms with Gasteiger partial charge in [0.15, 0.2) is 0 Å². The maximum atomic E-state index is 2.37. The van der Waals surface area contributed by atoms with Gasteiger partial charge < -0.3 is 0 Å². The second kappa shape index (κ2) is 4.48. The van der Waals surface area contributed by atoms with Crippen molar-refractivity contribution >= 4 is 5.71 Å². The summed E-state index contributed by atoms with van der Waals surface area (Å²) in [5.74, 6) is 0.661. The van der Waals surface area contributed by atoms with Gasteiger partial charge in [0.1, 0.15) is 13.6 Å². The first kappa shape index (κ1) is 12.1. The lowest BCUT2D eigenvalue weighted by Crippen LogP contribution is -2.28. The summed E-state index contributed by atoms with van der Waals surface area (Å²) in [5, 5.41) is 0. The molecule has 0 aliphatic carbocycles. The number of rotatable bonds is 1. The van der Waals surface area contributed by atoms with Crippen molar-refractivity contribution in [2.75, 3.05) is 13.6 Å². The van der Waals surface area contributed by atoms with E-state index in [9.17, 15) is 0 Å². The molecule has 1 nitrogen and oxygen atoms in total. The predicted molar refractivity (Wildman–Crippen MR) is 74.0 cm³/mol. The molecule has 0 N–H and O–H groups in total. The molecule has 0 radical (unpaired) electrons. The van der Waals surface area contributed by atoms with E-state index in [0.29, 0.717) is 5.92 Å². The van der Waals surface area contributed by atoms with Crippen LogP contribution in [0.4, 0.5) is 0 Å². The van der Waals surface area contributed by atoms with E-state index in [4.69, 9.17) is 0 Å². The summed E-state index contributed by atoms with van der Waals surface area (Å²) in [6, 6.07) is 6.69. The molecule has 1 aliphatic rings. The molecular formula is C16H22N+. The summed E-state index contributed by atoms with van der Waals surface area (Å²) in [7, 11) is 2.19. The third-order valence-electron chi connectivity index (χ3n) is 3.77. The maximum Gasteiger partial charge on any atom is 0.207 e. The Morgan fingerprint density at radius 2 is 1.88 bits per heavy atom. The summed E-state index contributed by atoms with van der Waals surface area (Å²) in [6.07, 6.45) is 2.34. The van der Waals surface area contributed by atoms with Crippen molar-refractivity contribution in [3.63, 3.8) is 0 Å². The topological polar surface area (TPSA) is 3.01 Å². The molecule has 0 saturated heterocycles. The van der Waals surface area contributed by atoms with Gasteiger partial charge in [-0.05, 0) is 32.4 Å². The number of allylic oxidation sites excluding steroid dienone is 1. The predicted octanol–water partition coefficient (Wildman–Crippen LogP) is 3.33. The van der Waals surface area contributed by atoms with E-state index < -0.39 is 0 Å². The van der Waals surface area contributed by atoms with Crippen LogP contribution in [0.15, 0.2) is 29.8 Å². The Hall–Kier alpha value is -1.37. The first-order valence-electron chi connectivity index (χ1n) is 6.33. The van der Waals surface area contributed by atoms with Crippen LogP contribution >= 0.6 is 0 Å². The average Bonchev–Trinajstić information content (AvgIpc) is 2.27. The fraction of sp³-hybridized carbons (Fsp3) is 0.438. The monoisotopic (exact) mass is 228 g/mol. The van der Waals surface area contributed by atoms with Gasteiger partial charge in [0.2, 0.25) is 5.71 Å². The summed E-state index contributed by atoms with van der Waals surface area (Å²) < 4.78 is 2.37. The molecule has 17 heavy (non-hydrogen) atoms. The number of hydrogen-bond donors (Lipinski definition) is 0. The third kappa shape index (κ3) is 2.33. The van der Waals surface area contributed by atoms with Gasteiger partial charge in [0, 0.05) is 17.6 Å². The maximum absolute atomic E-state index is 2.37. The number of aryl methyl sites for hydroxylation is 2. The second-order valence-corrected chi connectivity index (χ2v) is 5.37.